The predicted molar refractivity (Wildman–Crippen MR) is 149 cm³/mol. The van der Waals surface area contributed by atoms with Crippen molar-refractivity contribution >= 4 is 22.8 Å². The van der Waals surface area contributed by atoms with Gasteiger partial charge in [0.1, 0.15) is 0 Å². The molecule has 0 N–H and O–H groups in total. The van der Waals surface area contributed by atoms with Gasteiger partial charge in [0.05, 0.1) is 0 Å². The Hall–Kier alpha value is -2.86. The average Bonchev–Trinajstić information content (AvgIpc) is 2.80. The maximum atomic E-state index is 4.08. The van der Waals surface area contributed by atoms with Gasteiger partial charge in [0.2, 0.25) is 0 Å². The molecule has 0 aromatic heterocycles. The number of allylic oxidation sites excluding steroid dienone is 8. The van der Waals surface area contributed by atoms with Crippen molar-refractivity contribution in [2.24, 2.45) is 0 Å². The van der Waals surface area contributed by atoms with E-state index in [2.05, 4.69) is 108 Å². The Morgan fingerprint density at radius 2 is 1.79 bits per heavy atom. The zero-order valence-electron chi connectivity index (χ0n) is 21.7. The Kier molecular flexibility index (Phi) is 7.80. The second kappa shape index (κ2) is 10.4. The van der Waals surface area contributed by atoms with Crippen LogP contribution in [0.15, 0.2) is 72.9 Å². The van der Waals surface area contributed by atoms with Gasteiger partial charge >= 0.3 is 0 Å². The summed E-state index contributed by atoms with van der Waals surface area (Å²) < 4.78 is 0. The van der Waals surface area contributed by atoms with Gasteiger partial charge in [0.15, 0.2) is 0 Å². The molecule has 0 unspecified atom stereocenters. The highest BCUT2D eigenvalue weighted by molar-refractivity contribution is 5.87. The molecule has 0 fully saturated rings. The lowest BCUT2D eigenvalue weighted by Crippen LogP contribution is -2.22. The summed E-state index contributed by atoms with van der Waals surface area (Å²) in [6.45, 7) is 19.3. The molecule has 172 valence electrons. The van der Waals surface area contributed by atoms with Crippen LogP contribution in [0.25, 0.3) is 22.8 Å². The normalized spacial score (nSPS) is 16.8. The molecular weight excluding hydrogens is 396 g/mol. The summed E-state index contributed by atoms with van der Waals surface area (Å²) in [6, 6.07) is 13.7. The molecule has 0 radical (unpaired) electrons. The summed E-state index contributed by atoms with van der Waals surface area (Å²) in [5.74, 6) is 0. The zero-order chi connectivity index (χ0) is 24.2. The molecule has 0 spiro atoms. The molecule has 0 aliphatic heterocycles. The van der Waals surface area contributed by atoms with E-state index in [1.807, 2.05) is 13.8 Å². The molecule has 0 bridgehead atoms. The molecule has 4 rings (SSSR count). The second-order valence-electron chi connectivity index (χ2n) is 9.81. The van der Waals surface area contributed by atoms with Crippen LogP contribution in [0, 0.1) is 6.92 Å². The number of aryl methyl sites for hydroxylation is 1. The van der Waals surface area contributed by atoms with Crippen LogP contribution >= 0.6 is 0 Å². The van der Waals surface area contributed by atoms with Crippen molar-refractivity contribution < 1.29 is 0 Å². The first-order chi connectivity index (χ1) is 15.8. The van der Waals surface area contributed by atoms with Gasteiger partial charge in [-0.2, -0.15) is 0 Å². The molecule has 2 aliphatic rings. The molecule has 2 aliphatic carbocycles. The van der Waals surface area contributed by atoms with Crippen molar-refractivity contribution in [3.8, 4) is 0 Å². The van der Waals surface area contributed by atoms with Crippen molar-refractivity contribution in [1.29, 1.82) is 0 Å². The summed E-state index contributed by atoms with van der Waals surface area (Å²) in [4.78, 5) is 0. The van der Waals surface area contributed by atoms with Gasteiger partial charge in [-0.1, -0.05) is 101 Å². The molecular formula is C33H40. The van der Waals surface area contributed by atoms with E-state index >= 15 is 0 Å². The first kappa shape index (κ1) is 24.8. The SMILES string of the molecule is C=C(C)c1ccc(/C(C)=C/c2ccc3c(c2)C(C2=CC=CCC2)=CCC3(C)C)c(C)c1.CC. The molecule has 0 atom stereocenters. The highest BCUT2D eigenvalue weighted by Gasteiger charge is 2.29. The maximum absolute atomic E-state index is 4.08. The highest BCUT2D eigenvalue weighted by atomic mass is 14.3. The number of benzene rings is 2. The third-order valence-electron chi connectivity index (χ3n) is 6.77. The largest absolute Gasteiger partial charge is 0.0955 e. The molecule has 0 saturated heterocycles. The van der Waals surface area contributed by atoms with E-state index in [-0.39, 0.29) is 5.41 Å². The molecule has 0 heterocycles. The molecule has 33 heavy (non-hydrogen) atoms. The third kappa shape index (κ3) is 5.38. The number of rotatable bonds is 4. The summed E-state index contributed by atoms with van der Waals surface area (Å²) in [5, 5.41) is 0. The molecule has 0 saturated carbocycles. The van der Waals surface area contributed by atoms with Gasteiger partial charge < -0.3 is 0 Å². The van der Waals surface area contributed by atoms with Crippen LogP contribution in [0.4, 0.5) is 0 Å². The van der Waals surface area contributed by atoms with Crippen LogP contribution in [0.2, 0.25) is 0 Å². The van der Waals surface area contributed by atoms with E-state index in [0.29, 0.717) is 0 Å². The third-order valence-corrected chi connectivity index (χ3v) is 6.77. The van der Waals surface area contributed by atoms with E-state index in [9.17, 15) is 0 Å². The van der Waals surface area contributed by atoms with Crippen molar-refractivity contribution in [3.63, 3.8) is 0 Å². The molecule has 0 amide bonds. The van der Waals surface area contributed by atoms with Crippen LogP contribution < -0.4 is 0 Å². The highest BCUT2D eigenvalue weighted by Crippen LogP contribution is 2.43. The first-order valence-electron chi connectivity index (χ1n) is 12.4. The summed E-state index contributed by atoms with van der Waals surface area (Å²) >= 11 is 0. The zero-order valence-corrected chi connectivity index (χ0v) is 21.7. The fourth-order valence-corrected chi connectivity index (χ4v) is 4.87. The Bertz CT molecular complexity index is 1160. The van der Waals surface area contributed by atoms with Gasteiger partial charge in [0, 0.05) is 0 Å². The minimum Gasteiger partial charge on any atom is -0.0955 e. The minimum atomic E-state index is 0.177. The smallest absolute Gasteiger partial charge is 0.00626 e. The van der Waals surface area contributed by atoms with Crippen LogP contribution in [-0.4, -0.2) is 0 Å². The van der Waals surface area contributed by atoms with Gasteiger partial charge in [-0.05, 0) is 102 Å². The van der Waals surface area contributed by atoms with Crippen molar-refractivity contribution in [2.45, 2.75) is 73.1 Å². The maximum Gasteiger partial charge on any atom is -0.00626 e. The van der Waals surface area contributed by atoms with Crippen LogP contribution in [0.1, 0.15) is 94.2 Å². The Labute approximate surface area is 202 Å². The molecule has 2 aromatic rings. The van der Waals surface area contributed by atoms with Gasteiger partial charge in [-0.3, -0.25) is 0 Å². The van der Waals surface area contributed by atoms with Gasteiger partial charge in [-0.25, -0.2) is 0 Å². The second-order valence-corrected chi connectivity index (χ2v) is 9.81. The van der Waals surface area contributed by atoms with E-state index in [4.69, 9.17) is 0 Å². The van der Waals surface area contributed by atoms with E-state index in [1.165, 1.54) is 50.1 Å². The number of fused-ring (bicyclic) bond motifs is 1. The number of hydrogen-bond donors (Lipinski definition) is 0. The fourth-order valence-electron chi connectivity index (χ4n) is 4.87. The topological polar surface area (TPSA) is 0 Å². The van der Waals surface area contributed by atoms with E-state index in [0.717, 1.165) is 24.8 Å². The minimum absolute atomic E-state index is 0.177. The first-order valence-corrected chi connectivity index (χ1v) is 12.4. The summed E-state index contributed by atoms with van der Waals surface area (Å²) in [7, 11) is 0. The number of hydrogen-bond acceptors (Lipinski definition) is 0. The Balaban J connectivity index is 0.00000149. The molecule has 0 heteroatoms. The molecule has 2 aromatic carbocycles. The van der Waals surface area contributed by atoms with Crippen molar-refractivity contribution in [1.82, 2.24) is 0 Å². The van der Waals surface area contributed by atoms with Crippen LogP contribution in [0.5, 0.6) is 0 Å². The van der Waals surface area contributed by atoms with E-state index in [1.54, 1.807) is 0 Å². The standard InChI is InChI=1S/C31H34.C2H6/c1-21(2)26-13-14-27(23(4)19-26)22(3)18-24-12-15-30-29(20-24)28(16-17-31(30,5)6)25-10-8-7-9-11-25;1-2/h7-8,10,12-16,18-20H,1,9,11,17H2,2-6H3;1-2H3/b22-18+;. The van der Waals surface area contributed by atoms with Crippen LogP contribution in [0.3, 0.4) is 0 Å². The molecule has 0 nitrogen and oxygen atoms in total. The quantitative estimate of drug-likeness (QED) is 0.418. The average molecular weight is 437 g/mol. The van der Waals surface area contributed by atoms with Gasteiger partial charge in [-0.15, -0.1) is 0 Å². The lowest BCUT2D eigenvalue weighted by atomic mass is 9.71. The van der Waals surface area contributed by atoms with Gasteiger partial charge in [0.25, 0.3) is 0 Å². The Morgan fingerprint density at radius 1 is 1.03 bits per heavy atom. The predicted octanol–water partition coefficient (Wildman–Crippen LogP) is 9.96. The monoisotopic (exact) mass is 436 g/mol. The van der Waals surface area contributed by atoms with E-state index < -0.39 is 0 Å². The van der Waals surface area contributed by atoms with Crippen molar-refractivity contribution in [2.75, 3.05) is 0 Å². The Morgan fingerprint density at radius 3 is 2.42 bits per heavy atom. The summed E-state index contributed by atoms with van der Waals surface area (Å²) in [5.41, 5.74) is 13.5. The lowest BCUT2D eigenvalue weighted by Gasteiger charge is -2.33. The lowest BCUT2D eigenvalue weighted by molar-refractivity contribution is 0.527. The van der Waals surface area contributed by atoms with Crippen molar-refractivity contribution in [3.05, 3.63) is 106 Å². The fraction of sp³-hybridized carbons (Fsp3) is 0.333. The summed E-state index contributed by atoms with van der Waals surface area (Å²) in [6.07, 6.45) is 14.9. The van der Waals surface area contributed by atoms with Crippen LogP contribution in [-0.2, 0) is 5.41 Å².